The molecule has 2 atom stereocenters. The molecule has 0 spiro atoms. The van der Waals surface area contributed by atoms with E-state index < -0.39 is 24.5 Å². The van der Waals surface area contributed by atoms with Crippen LogP contribution >= 0.6 is 11.8 Å². The van der Waals surface area contributed by atoms with E-state index in [1.165, 1.54) is 0 Å². The van der Waals surface area contributed by atoms with Gasteiger partial charge in [0, 0.05) is 30.0 Å². The van der Waals surface area contributed by atoms with Gasteiger partial charge in [-0.3, -0.25) is 9.59 Å². The molecule has 1 heterocycles. The largest absolute Gasteiger partial charge is 0.481 e. The molecule has 32 heavy (non-hydrogen) atoms. The van der Waals surface area contributed by atoms with E-state index in [1.54, 1.807) is 16.7 Å². The predicted octanol–water partition coefficient (Wildman–Crippen LogP) is 3.33. The summed E-state index contributed by atoms with van der Waals surface area (Å²) >= 11 is 1.75. The van der Waals surface area contributed by atoms with Crippen molar-refractivity contribution in [3.8, 4) is 11.1 Å². The second-order valence-electron chi connectivity index (χ2n) is 8.08. The van der Waals surface area contributed by atoms with Crippen molar-refractivity contribution < 1.29 is 24.2 Å². The van der Waals surface area contributed by atoms with E-state index in [0.29, 0.717) is 6.54 Å². The molecule has 2 amide bonds. The van der Waals surface area contributed by atoms with Gasteiger partial charge >= 0.3 is 12.1 Å². The topological polar surface area (TPSA) is 95.9 Å². The van der Waals surface area contributed by atoms with E-state index in [4.69, 9.17) is 4.74 Å². The van der Waals surface area contributed by atoms with Gasteiger partial charge in [0.1, 0.15) is 12.6 Å². The average Bonchev–Trinajstić information content (AvgIpc) is 3.10. The second kappa shape index (κ2) is 9.65. The maximum Gasteiger partial charge on any atom is 0.407 e. The summed E-state index contributed by atoms with van der Waals surface area (Å²) in [5, 5.41) is 11.8. The monoisotopic (exact) mass is 454 g/mol. The number of nitrogens with zero attached hydrogens (tertiary/aromatic N) is 1. The van der Waals surface area contributed by atoms with Gasteiger partial charge in [0.25, 0.3) is 0 Å². The Morgan fingerprint density at radius 3 is 2.34 bits per heavy atom. The average molecular weight is 455 g/mol. The van der Waals surface area contributed by atoms with Gasteiger partial charge in [0.2, 0.25) is 5.91 Å². The van der Waals surface area contributed by atoms with Gasteiger partial charge in [-0.05, 0) is 29.2 Å². The van der Waals surface area contributed by atoms with Gasteiger partial charge in [-0.2, -0.15) is 11.8 Å². The summed E-state index contributed by atoms with van der Waals surface area (Å²) in [6, 6.07) is 14.8. The summed E-state index contributed by atoms with van der Waals surface area (Å²) in [7, 11) is 0. The van der Waals surface area contributed by atoms with Gasteiger partial charge in [-0.1, -0.05) is 48.5 Å². The SMILES string of the molecule is CC1CSCCN1C(=O)C(CC(=O)O)NC(=O)OCC1c2ccccc2-c2ccccc21. The highest BCUT2D eigenvalue weighted by molar-refractivity contribution is 7.99. The minimum atomic E-state index is -1.16. The fourth-order valence-corrected chi connectivity index (χ4v) is 5.43. The zero-order valence-electron chi connectivity index (χ0n) is 17.8. The number of aliphatic carboxylic acids is 1. The van der Waals surface area contributed by atoms with Crippen molar-refractivity contribution in [2.24, 2.45) is 0 Å². The molecule has 1 aliphatic carbocycles. The second-order valence-corrected chi connectivity index (χ2v) is 9.23. The number of ether oxygens (including phenoxy) is 1. The number of amides is 2. The molecule has 2 unspecified atom stereocenters. The molecule has 7 nitrogen and oxygen atoms in total. The minimum Gasteiger partial charge on any atom is -0.481 e. The minimum absolute atomic E-state index is 0.0122. The highest BCUT2D eigenvalue weighted by Crippen LogP contribution is 2.44. The van der Waals surface area contributed by atoms with Crippen LogP contribution in [0.5, 0.6) is 0 Å². The lowest BCUT2D eigenvalue weighted by Crippen LogP contribution is -2.54. The van der Waals surface area contributed by atoms with Crippen LogP contribution < -0.4 is 5.32 Å². The zero-order valence-corrected chi connectivity index (χ0v) is 18.6. The first-order chi connectivity index (χ1) is 15.5. The van der Waals surface area contributed by atoms with Crippen LogP contribution in [0.3, 0.4) is 0 Å². The summed E-state index contributed by atoms with van der Waals surface area (Å²) < 4.78 is 5.50. The van der Waals surface area contributed by atoms with E-state index in [1.807, 2.05) is 55.5 Å². The van der Waals surface area contributed by atoms with E-state index in [9.17, 15) is 19.5 Å². The number of alkyl carbamates (subject to hydrolysis) is 1. The first-order valence-electron chi connectivity index (χ1n) is 10.7. The van der Waals surface area contributed by atoms with Crippen LogP contribution in [0.4, 0.5) is 4.79 Å². The molecule has 2 aliphatic rings. The molecule has 0 radical (unpaired) electrons. The van der Waals surface area contributed by atoms with Crippen molar-refractivity contribution in [1.29, 1.82) is 0 Å². The Morgan fingerprint density at radius 2 is 1.75 bits per heavy atom. The molecule has 0 aromatic heterocycles. The van der Waals surface area contributed by atoms with Crippen molar-refractivity contribution in [1.82, 2.24) is 10.2 Å². The lowest BCUT2D eigenvalue weighted by atomic mass is 9.98. The van der Waals surface area contributed by atoms with E-state index in [0.717, 1.165) is 33.8 Å². The van der Waals surface area contributed by atoms with Crippen LogP contribution in [0.2, 0.25) is 0 Å². The fourth-order valence-electron chi connectivity index (χ4n) is 4.41. The summed E-state index contributed by atoms with van der Waals surface area (Å²) in [5.74, 6) is -0.0620. The summed E-state index contributed by atoms with van der Waals surface area (Å²) in [5.41, 5.74) is 4.40. The molecule has 1 fully saturated rings. The number of benzene rings is 2. The number of carboxylic acids is 1. The third kappa shape index (κ3) is 4.60. The van der Waals surface area contributed by atoms with Gasteiger partial charge in [0.15, 0.2) is 0 Å². The standard InChI is InChI=1S/C24H26N2O5S/c1-15-14-32-11-10-26(15)23(29)21(12-22(27)28)25-24(30)31-13-20-18-8-4-2-6-16(18)17-7-3-5-9-19(17)20/h2-9,15,20-21H,10-14H2,1H3,(H,25,30)(H,27,28). The molecular weight excluding hydrogens is 428 g/mol. The van der Waals surface area contributed by atoms with Crippen molar-refractivity contribution >= 4 is 29.7 Å². The number of carboxylic acid groups (broad SMARTS) is 1. The summed E-state index contributed by atoms with van der Waals surface area (Å²) in [6.45, 7) is 2.56. The van der Waals surface area contributed by atoms with Crippen molar-refractivity contribution in [2.45, 2.75) is 31.3 Å². The Kier molecular flexibility index (Phi) is 6.69. The number of rotatable bonds is 6. The molecule has 2 aromatic rings. The maximum atomic E-state index is 13.0. The van der Waals surface area contributed by atoms with Crippen LogP contribution in [-0.2, 0) is 14.3 Å². The molecule has 8 heteroatoms. The number of hydrogen-bond acceptors (Lipinski definition) is 5. The molecule has 1 aliphatic heterocycles. The maximum absolute atomic E-state index is 13.0. The van der Waals surface area contributed by atoms with Crippen LogP contribution in [0.25, 0.3) is 11.1 Å². The molecule has 0 bridgehead atoms. The molecule has 0 saturated carbocycles. The molecule has 4 rings (SSSR count). The van der Waals surface area contributed by atoms with Gasteiger partial charge in [-0.15, -0.1) is 0 Å². The Balaban J connectivity index is 1.44. The van der Waals surface area contributed by atoms with Gasteiger partial charge < -0.3 is 20.1 Å². The molecule has 1 saturated heterocycles. The van der Waals surface area contributed by atoms with Crippen LogP contribution in [0, 0.1) is 0 Å². The molecule has 2 aromatic carbocycles. The number of nitrogens with one attached hydrogen (secondary N) is 1. The summed E-state index contributed by atoms with van der Waals surface area (Å²) in [6.07, 6.45) is -1.27. The normalized spacial score (nSPS) is 18.4. The first-order valence-corrected chi connectivity index (χ1v) is 11.8. The van der Waals surface area contributed by atoms with E-state index in [2.05, 4.69) is 5.32 Å². The lowest BCUT2D eigenvalue weighted by Gasteiger charge is -2.35. The first kappa shape index (κ1) is 22.2. The predicted molar refractivity (Wildman–Crippen MR) is 123 cm³/mol. The third-order valence-corrected chi connectivity index (χ3v) is 7.15. The van der Waals surface area contributed by atoms with E-state index >= 15 is 0 Å². The Labute approximate surface area is 191 Å². The third-order valence-electron chi connectivity index (χ3n) is 5.96. The van der Waals surface area contributed by atoms with Crippen molar-refractivity contribution in [3.05, 3.63) is 59.7 Å². The lowest BCUT2D eigenvalue weighted by molar-refractivity contribution is -0.143. The Bertz CT molecular complexity index is 981. The molecule has 2 N–H and O–H groups in total. The Morgan fingerprint density at radius 1 is 1.12 bits per heavy atom. The number of carbonyl (C=O) groups is 3. The van der Waals surface area contributed by atoms with Crippen LogP contribution in [0.15, 0.2) is 48.5 Å². The van der Waals surface area contributed by atoms with Crippen LogP contribution in [0.1, 0.15) is 30.4 Å². The zero-order chi connectivity index (χ0) is 22.7. The highest BCUT2D eigenvalue weighted by atomic mass is 32.2. The number of carbonyl (C=O) groups excluding carboxylic acids is 2. The number of hydrogen-bond donors (Lipinski definition) is 2. The van der Waals surface area contributed by atoms with Gasteiger partial charge in [-0.25, -0.2) is 4.79 Å². The van der Waals surface area contributed by atoms with Crippen molar-refractivity contribution in [2.75, 3.05) is 24.7 Å². The quantitative estimate of drug-likeness (QED) is 0.695. The number of fused-ring (bicyclic) bond motifs is 3. The van der Waals surface area contributed by atoms with Crippen molar-refractivity contribution in [3.63, 3.8) is 0 Å². The highest BCUT2D eigenvalue weighted by Gasteiger charge is 2.33. The van der Waals surface area contributed by atoms with Crippen LogP contribution in [-0.4, -0.2) is 64.7 Å². The number of thioether (sulfide) groups is 1. The molecule has 168 valence electrons. The Hall–Kier alpha value is -3.00. The van der Waals surface area contributed by atoms with Gasteiger partial charge in [0.05, 0.1) is 6.42 Å². The smallest absolute Gasteiger partial charge is 0.407 e. The molecular formula is C24H26N2O5S. The fraction of sp³-hybridized carbons (Fsp3) is 0.375. The summed E-state index contributed by atoms with van der Waals surface area (Å²) in [4.78, 5) is 38.5. The van der Waals surface area contributed by atoms with E-state index in [-0.39, 0.29) is 24.5 Å².